The minimum atomic E-state index is -4.04. The summed E-state index contributed by atoms with van der Waals surface area (Å²) in [7, 11) is -4.04. The van der Waals surface area contributed by atoms with Crippen molar-refractivity contribution in [3.63, 3.8) is 0 Å². The molecule has 4 aromatic carbocycles. The summed E-state index contributed by atoms with van der Waals surface area (Å²) in [5.41, 5.74) is 2.99. The highest BCUT2D eigenvalue weighted by atomic mass is 32.2. The Labute approximate surface area is 251 Å². The topological polar surface area (TPSA) is 74.6 Å². The van der Waals surface area contributed by atoms with E-state index in [4.69, 9.17) is 4.42 Å². The van der Waals surface area contributed by atoms with Gasteiger partial charge in [0.25, 0.3) is 15.6 Å². The van der Waals surface area contributed by atoms with E-state index in [1.165, 1.54) is 26.4 Å². The zero-order valence-corrected chi connectivity index (χ0v) is 25.5. The first-order valence-electron chi connectivity index (χ1n) is 14.5. The van der Waals surface area contributed by atoms with Gasteiger partial charge in [-0.15, -0.1) is 0 Å². The molecular weight excluding hydrogens is 565 g/mol. The molecule has 0 aliphatic carbocycles. The van der Waals surface area contributed by atoms with Crippen LogP contribution in [0.1, 0.15) is 39.0 Å². The van der Waals surface area contributed by atoms with Crippen LogP contribution in [0, 0.1) is 5.92 Å². The van der Waals surface area contributed by atoms with E-state index in [0.717, 1.165) is 41.3 Å². The smallest absolute Gasteiger partial charge is 0.373 e. The van der Waals surface area contributed by atoms with Gasteiger partial charge in [-0.3, -0.25) is 4.55 Å². The third-order valence-corrected chi connectivity index (χ3v) is 9.91. The molecular formula is C34H35N2O4S2+. The van der Waals surface area contributed by atoms with Crippen LogP contribution in [-0.4, -0.2) is 25.3 Å². The van der Waals surface area contributed by atoms with Crippen molar-refractivity contribution in [2.45, 2.75) is 44.6 Å². The van der Waals surface area contributed by atoms with Crippen molar-refractivity contribution >= 4 is 66.3 Å². The van der Waals surface area contributed by atoms with Crippen molar-refractivity contribution in [1.82, 2.24) is 0 Å². The van der Waals surface area contributed by atoms with E-state index in [2.05, 4.69) is 79.4 Å². The van der Waals surface area contributed by atoms with Crippen LogP contribution in [0.25, 0.3) is 38.7 Å². The Morgan fingerprint density at radius 3 is 2.43 bits per heavy atom. The molecule has 1 aliphatic rings. The fourth-order valence-corrected chi connectivity index (χ4v) is 7.50. The number of benzene rings is 4. The van der Waals surface area contributed by atoms with Crippen molar-refractivity contribution < 1.29 is 22.0 Å². The van der Waals surface area contributed by atoms with E-state index in [9.17, 15) is 13.0 Å². The Balaban J connectivity index is 1.28. The first-order valence-corrected chi connectivity index (χ1v) is 16.9. The van der Waals surface area contributed by atoms with Crippen molar-refractivity contribution in [3.8, 4) is 0 Å². The highest BCUT2D eigenvalue weighted by Gasteiger charge is 2.27. The lowest BCUT2D eigenvalue weighted by molar-refractivity contribution is -0.677. The summed E-state index contributed by atoms with van der Waals surface area (Å²) in [6.45, 7) is 5.72. The van der Waals surface area contributed by atoms with Gasteiger partial charge in [0.05, 0.1) is 21.9 Å². The summed E-state index contributed by atoms with van der Waals surface area (Å²) < 4.78 is 40.5. The molecule has 1 aromatic heterocycles. The molecule has 1 atom stereocenters. The second-order valence-electron chi connectivity index (χ2n) is 10.7. The molecule has 0 spiro atoms. The standard InChI is InChI=1S/C34H34N2O4S2/c1-3-24(15-21-32-35(4-2)34-28-13-8-6-11-26(28)17-19-30(34)41-32)14-20-31-36(22-9-23-42(37,38)39)33-27-12-7-5-10-25(27)16-18-29(33)40-31/h5-8,10-14,16-21,24H,3-4,9,15,22-23H2,1-2H3/p+1. The number of rotatable bonds is 10. The third-order valence-electron chi connectivity index (χ3n) is 7.96. The molecule has 8 heteroatoms. The van der Waals surface area contributed by atoms with E-state index in [1.807, 2.05) is 46.7 Å². The summed E-state index contributed by atoms with van der Waals surface area (Å²) in [6, 6.07) is 25.1. The maximum absolute atomic E-state index is 11.4. The summed E-state index contributed by atoms with van der Waals surface area (Å²) in [5, 5.41) is 5.95. The van der Waals surface area contributed by atoms with Crippen LogP contribution in [0.5, 0.6) is 0 Å². The second kappa shape index (κ2) is 12.0. The second-order valence-corrected chi connectivity index (χ2v) is 13.3. The maximum atomic E-state index is 11.4. The Morgan fingerprint density at radius 1 is 0.976 bits per heavy atom. The SMILES string of the molecule is CCC(C=Cc1oc2ccc3ccccc3c2[n+]1CCCS(=O)(=O)O)CC=C1Sc2ccc3ccccc3c2N1CC. The van der Waals surface area contributed by atoms with Crippen molar-refractivity contribution in [2.24, 2.45) is 5.92 Å². The summed E-state index contributed by atoms with van der Waals surface area (Å²) in [4.78, 5) is 3.72. The van der Waals surface area contributed by atoms with Crippen LogP contribution in [0.15, 0.2) is 99.3 Å². The number of nitrogens with zero attached hydrogens (tertiary/aromatic N) is 2. The quantitative estimate of drug-likeness (QED) is 0.129. The molecule has 0 amide bonds. The number of aromatic nitrogens is 1. The Morgan fingerprint density at radius 2 is 1.69 bits per heavy atom. The number of hydrogen-bond donors (Lipinski definition) is 1. The number of thioether (sulfide) groups is 1. The lowest BCUT2D eigenvalue weighted by Crippen LogP contribution is -2.36. The molecule has 0 saturated carbocycles. The van der Waals surface area contributed by atoms with Gasteiger partial charge in [0.15, 0.2) is 6.54 Å². The predicted molar refractivity (Wildman–Crippen MR) is 173 cm³/mol. The molecule has 0 fully saturated rings. The number of allylic oxidation sites excluding steroid dienone is 2. The molecule has 6 nitrogen and oxygen atoms in total. The summed E-state index contributed by atoms with van der Waals surface area (Å²) >= 11 is 1.84. The molecule has 2 heterocycles. The number of oxazole rings is 1. The molecule has 1 N–H and O–H groups in total. The first-order chi connectivity index (χ1) is 20.4. The van der Waals surface area contributed by atoms with E-state index in [0.29, 0.717) is 18.4 Å². The number of hydrogen-bond acceptors (Lipinski definition) is 5. The van der Waals surface area contributed by atoms with Gasteiger partial charge < -0.3 is 9.32 Å². The van der Waals surface area contributed by atoms with Crippen LogP contribution in [0.2, 0.25) is 0 Å². The van der Waals surface area contributed by atoms with Crippen LogP contribution >= 0.6 is 11.8 Å². The normalized spacial score (nSPS) is 15.5. The van der Waals surface area contributed by atoms with Gasteiger partial charge in [-0.05, 0) is 54.7 Å². The van der Waals surface area contributed by atoms with Crippen molar-refractivity contribution in [2.75, 3.05) is 17.2 Å². The molecule has 0 radical (unpaired) electrons. The van der Waals surface area contributed by atoms with Gasteiger partial charge in [0, 0.05) is 29.3 Å². The molecule has 6 rings (SSSR count). The largest absolute Gasteiger partial charge is 0.398 e. The van der Waals surface area contributed by atoms with Gasteiger partial charge in [-0.2, -0.15) is 13.0 Å². The molecule has 1 unspecified atom stereocenters. The van der Waals surface area contributed by atoms with Crippen LogP contribution in [-0.2, 0) is 16.7 Å². The van der Waals surface area contributed by atoms with Crippen LogP contribution in [0.4, 0.5) is 5.69 Å². The maximum Gasteiger partial charge on any atom is 0.373 e. The number of aryl methyl sites for hydroxylation is 1. The Hall–Kier alpha value is -3.59. The van der Waals surface area contributed by atoms with Gasteiger partial charge >= 0.3 is 5.89 Å². The molecule has 0 saturated heterocycles. The third kappa shape index (κ3) is 5.71. The summed E-state index contributed by atoms with van der Waals surface area (Å²) in [5.74, 6) is 0.676. The zero-order valence-electron chi connectivity index (χ0n) is 23.9. The lowest BCUT2D eigenvalue weighted by atomic mass is 10.0. The highest BCUT2D eigenvalue weighted by molar-refractivity contribution is 8.03. The minimum Gasteiger partial charge on any atom is -0.398 e. The monoisotopic (exact) mass is 599 g/mol. The summed E-state index contributed by atoms with van der Waals surface area (Å²) in [6.07, 6.45) is 8.73. The van der Waals surface area contributed by atoms with E-state index in [-0.39, 0.29) is 12.2 Å². The van der Waals surface area contributed by atoms with Crippen molar-refractivity contribution in [1.29, 1.82) is 0 Å². The molecule has 1 aliphatic heterocycles. The van der Waals surface area contributed by atoms with Gasteiger partial charge in [-0.1, -0.05) is 85.4 Å². The number of anilines is 1. The predicted octanol–water partition coefficient (Wildman–Crippen LogP) is 8.21. The average molecular weight is 600 g/mol. The fourth-order valence-electron chi connectivity index (χ4n) is 5.82. The van der Waals surface area contributed by atoms with Gasteiger partial charge in [-0.25, -0.2) is 0 Å². The van der Waals surface area contributed by atoms with Gasteiger partial charge in [0.1, 0.15) is 0 Å². The number of fused-ring (bicyclic) bond motifs is 6. The molecule has 0 bridgehead atoms. The lowest BCUT2D eigenvalue weighted by Gasteiger charge is -2.20. The molecule has 216 valence electrons. The van der Waals surface area contributed by atoms with E-state index < -0.39 is 10.1 Å². The Kier molecular flexibility index (Phi) is 8.12. The fraction of sp³-hybridized carbons (Fsp3) is 0.265. The van der Waals surface area contributed by atoms with Crippen LogP contribution < -0.4 is 9.47 Å². The van der Waals surface area contributed by atoms with Gasteiger partial charge in [0.2, 0.25) is 5.58 Å². The zero-order chi connectivity index (χ0) is 29.3. The molecule has 5 aromatic rings. The minimum absolute atomic E-state index is 0.283. The first kappa shape index (κ1) is 28.5. The van der Waals surface area contributed by atoms with Crippen molar-refractivity contribution in [3.05, 3.63) is 95.9 Å². The van der Waals surface area contributed by atoms with Crippen LogP contribution in [0.3, 0.4) is 0 Å². The average Bonchev–Trinajstić information content (AvgIpc) is 3.54. The van der Waals surface area contributed by atoms with E-state index in [1.54, 1.807) is 0 Å². The highest BCUT2D eigenvalue weighted by Crippen LogP contribution is 2.49. The molecule has 42 heavy (non-hydrogen) atoms. The van der Waals surface area contributed by atoms with E-state index >= 15 is 0 Å². The Bertz CT molecular complexity index is 1940.